The standard InChI is InChI=1S/C17H15N5O3/c1-12(13-6-8-14(9-7-13)21-11-18-10-19-21)20-17(23)15-4-2-3-5-16(15)22(24)25/h2-12H,1H3,(H,20,23). The number of nitrogens with one attached hydrogen (secondary N) is 1. The molecule has 3 aromatic rings. The number of carbonyl (C=O) groups is 1. The van der Waals surface area contributed by atoms with Crippen LogP contribution in [0, 0.1) is 10.1 Å². The minimum Gasteiger partial charge on any atom is -0.345 e. The molecule has 0 saturated carbocycles. The summed E-state index contributed by atoms with van der Waals surface area (Å²) in [6.45, 7) is 1.82. The molecule has 1 amide bonds. The van der Waals surface area contributed by atoms with E-state index < -0.39 is 10.8 Å². The van der Waals surface area contributed by atoms with Gasteiger partial charge >= 0.3 is 0 Å². The molecular weight excluding hydrogens is 322 g/mol. The molecule has 1 N–H and O–H groups in total. The van der Waals surface area contributed by atoms with Crippen LogP contribution in [0.5, 0.6) is 0 Å². The molecule has 126 valence electrons. The van der Waals surface area contributed by atoms with E-state index in [1.807, 2.05) is 31.2 Å². The van der Waals surface area contributed by atoms with E-state index in [4.69, 9.17) is 0 Å². The second-order valence-corrected chi connectivity index (χ2v) is 5.40. The second kappa shape index (κ2) is 6.91. The molecular formula is C17H15N5O3. The van der Waals surface area contributed by atoms with Crippen molar-refractivity contribution in [2.45, 2.75) is 13.0 Å². The van der Waals surface area contributed by atoms with Crippen molar-refractivity contribution in [1.82, 2.24) is 20.1 Å². The fourth-order valence-corrected chi connectivity index (χ4v) is 2.44. The molecule has 0 saturated heterocycles. The molecule has 8 nitrogen and oxygen atoms in total. The van der Waals surface area contributed by atoms with E-state index in [9.17, 15) is 14.9 Å². The lowest BCUT2D eigenvalue weighted by atomic mass is 10.1. The molecule has 1 unspecified atom stereocenters. The smallest absolute Gasteiger partial charge is 0.282 e. The van der Waals surface area contributed by atoms with Crippen molar-refractivity contribution in [3.8, 4) is 5.69 Å². The van der Waals surface area contributed by atoms with E-state index in [1.54, 1.807) is 17.1 Å². The summed E-state index contributed by atoms with van der Waals surface area (Å²) in [7, 11) is 0. The molecule has 2 aromatic carbocycles. The highest BCUT2D eigenvalue weighted by Crippen LogP contribution is 2.20. The number of hydrogen-bond donors (Lipinski definition) is 1. The van der Waals surface area contributed by atoms with Gasteiger partial charge in [0, 0.05) is 6.07 Å². The fourth-order valence-electron chi connectivity index (χ4n) is 2.44. The monoisotopic (exact) mass is 337 g/mol. The van der Waals surface area contributed by atoms with Crippen LogP contribution >= 0.6 is 0 Å². The summed E-state index contributed by atoms with van der Waals surface area (Å²) in [4.78, 5) is 26.7. The summed E-state index contributed by atoms with van der Waals surface area (Å²) in [5, 5.41) is 17.9. The molecule has 0 radical (unpaired) electrons. The van der Waals surface area contributed by atoms with Crippen LogP contribution in [0.3, 0.4) is 0 Å². The minimum atomic E-state index is -0.563. The molecule has 1 aromatic heterocycles. The lowest BCUT2D eigenvalue weighted by Crippen LogP contribution is -2.27. The van der Waals surface area contributed by atoms with Crippen LogP contribution in [0.25, 0.3) is 5.69 Å². The van der Waals surface area contributed by atoms with Crippen molar-refractivity contribution < 1.29 is 9.72 Å². The van der Waals surface area contributed by atoms with Crippen molar-refractivity contribution in [3.63, 3.8) is 0 Å². The molecule has 0 bridgehead atoms. The Bertz CT molecular complexity index is 891. The number of nitro groups is 1. The first kappa shape index (κ1) is 16.3. The van der Waals surface area contributed by atoms with E-state index in [-0.39, 0.29) is 17.3 Å². The number of rotatable bonds is 5. The highest BCUT2D eigenvalue weighted by atomic mass is 16.6. The third-order valence-electron chi connectivity index (χ3n) is 3.77. The van der Waals surface area contributed by atoms with E-state index >= 15 is 0 Å². The number of nitrogens with zero attached hydrogens (tertiary/aromatic N) is 4. The molecule has 1 atom stereocenters. The molecule has 0 aliphatic rings. The van der Waals surface area contributed by atoms with Crippen LogP contribution < -0.4 is 5.32 Å². The van der Waals surface area contributed by atoms with E-state index in [0.717, 1.165) is 11.3 Å². The highest BCUT2D eigenvalue weighted by Gasteiger charge is 2.20. The van der Waals surface area contributed by atoms with Gasteiger partial charge in [-0.05, 0) is 30.7 Å². The Morgan fingerprint density at radius 2 is 1.92 bits per heavy atom. The molecule has 3 rings (SSSR count). The van der Waals surface area contributed by atoms with Crippen molar-refractivity contribution in [2.75, 3.05) is 0 Å². The number of benzene rings is 2. The average molecular weight is 337 g/mol. The van der Waals surface area contributed by atoms with Gasteiger partial charge < -0.3 is 5.32 Å². The van der Waals surface area contributed by atoms with Crippen LogP contribution in [0.2, 0.25) is 0 Å². The van der Waals surface area contributed by atoms with Crippen molar-refractivity contribution in [1.29, 1.82) is 0 Å². The summed E-state index contributed by atoms with van der Waals surface area (Å²) in [5.74, 6) is -0.486. The fraction of sp³-hybridized carbons (Fsp3) is 0.118. The summed E-state index contributed by atoms with van der Waals surface area (Å²) < 4.78 is 1.63. The van der Waals surface area contributed by atoms with Gasteiger partial charge in [0.2, 0.25) is 0 Å². The zero-order valence-corrected chi connectivity index (χ0v) is 13.4. The van der Waals surface area contributed by atoms with Crippen LogP contribution in [0.1, 0.15) is 28.9 Å². The normalized spacial score (nSPS) is 11.7. The van der Waals surface area contributed by atoms with Gasteiger partial charge in [-0.3, -0.25) is 14.9 Å². The van der Waals surface area contributed by atoms with Crippen molar-refractivity contribution in [2.24, 2.45) is 0 Å². The topological polar surface area (TPSA) is 103 Å². The summed E-state index contributed by atoms with van der Waals surface area (Å²) in [6, 6.07) is 13.0. The van der Waals surface area contributed by atoms with Gasteiger partial charge in [-0.25, -0.2) is 9.67 Å². The Kier molecular flexibility index (Phi) is 4.51. The predicted molar refractivity (Wildman–Crippen MR) is 90.3 cm³/mol. The molecule has 0 aliphatic heterocycles. The summed E-state index contributed by atoms with van der Waals surface area (Å²) >= 11 is 0. The van der Waals surface area contributed by atoms with Gasteiger partial charge in [0.25, 0.3) is 11.6 Å². The molecule has 0 fully saturated rings. The lowest BCUT2D eigenvalue weighted by Gasteiger charge is -2.15. The van der Waals surface area contributed by atoms with Gasteiger partial charge in [-0.1, -0.05) is 24.3 Å². The minimum absolute atomic E-state index is 0.0404. The highest BCUT2D eigenvalue weighted by molar-refractivity contribution is 5.98. The number of para-hydroxylation sites is 1. The first-order chi connectivity index (χ1) is 12.1. The molecule has 1 heterocycles. The third-order valence-corrected chi connectivity index (χ3v) is 3.77. The number of amides is 1. The summed E-state index contributed by atoms with van der Waals surface area (Å²) in [6.07, 6.45) is 3.04. The van der Waals surface area contributed by atoms with Gasteiger partial charge in [0.15, 0.2) is 0 Å². The Morgan fingerprint density at radius 3 is 2.56 bits per heavy atom. The molecule has 0 aliphatic carbocycles. The van der Waals surface area contributed by atoms with Gasteiger partial charge in [-0.15, -0.1) is 0 Å². The lowest BCUT2D eigenvalue weighted by molar-refractivity contribution is -0.385. The van der Waals surface area contributed by atoms with Gasteiger partial charge in [0.1, 0.15) is 18.2 Å². The first-order valence-electron chi connectivity index (χ1n) is 7.55. The molecule has 0 spiro atoms. The van der Waals surface area contributed by atoms with E-state index in [0.29, 0.717) is 0 Å². The van der Waals surface area contributed by atoms with Crippen LogP contribution in [0.15, 0.2) is 61.2 Å². The van der Waals surface area contributed by atoms with Crippen LogP contribution in [-0.2, 0) is 0 Å². The zero-order chi connectivity index (χ0) is 17.8. The number of aromatic nitrogens is 3. The van der Waals surface area contributed by atoms with E-state index in [1.165, 1.54) is 24.5 Å². The number of carbonyl (C=O) groups excluding carboxylic acids is 1. The zero-order valence-electron chi connectivity index (χ0n) is 13.4. The van der Waals surface area contributed by atoms with Gasteiger partial charge in [0.05, 0.1) is 16.7 Å². The number of hydrogen-bond acceptors (Lipinski definition) is 5. The maximum Gasteiger partial charge on any atom is 0.282 e. The average Bonchev–Trinajstić information content (AvgIpc) is 3.16. The molecule has 8 heteroatoms. The first-order valence-corrected chi connectivity index (χ1v) is 7.55. The number of nitro benzene ring substituents is 1. The van der Waals surface area contributed by atoms with Crippen molar-refractivity contribution >= 4 is 11.6 Å². The molecule has 25 heavy (non-hydrogen) atoms. The third kappa shape index (κ3) is 3.52. The second-order valence-electron chi connectivity index (χ2n) is 5.40. The van der Waals surface area contributed by atoms with Crippen LogP contribution in [-0.4, -0.2) is 25.6 Å². The maximum atomic E-state index is 12.4. The van der Waals surface area contributed by atoms with Crippen LogP contribution in [0.4, 0.5) is 5.69 Å². The predicted octanol–water partition coefficient (Wildman–Crippen LogP) is 2.67. The maximum absolute atomic E-state index is 12.4. The Hall–Kier alpha value is -3.55. The largest absolute Gasteiger partial charge is 0.345 e. The Morgan fingerprint density at radius 1 is 1.20 bits per heavy atom. The van der Waals surface area contributed by atoms with E-state index in [2.05, 4.69) is 15.4 Å². The Labute approximate surface area is 143 Å². The van der Waals surface area contributed by atoms with Crippen molar-refractivity contribution in [3.05, 3.63) is 82.4 Å². The quantitative estimate of drug-likeness (QED) is 0.569. The van der Waals surface area contributed by atoms with Gasteiger partial charge in [-0.2, -0.15) is 5.10 Å². The SMILES string of the molecule is CC(NC(=O)c1ccccc1[N+](=O)[O-])c1ccc(-n2cncn2)cc1. The summed E-state index contributed by atoms with van der Waals surface area (Å²) in [5.41, 5.74) is 1.54. The Balaban J connectivity index is 1.75.